The molecule has 2 heterocycles. The number of halogens is 3. The van der Waals surface area contributed by atoms with Crippen LogP contribution in [0.2, 0.25) is 0 Å². The molecule has 0 bridgehead atoms. The van der Waals surface area contributed by atoms with E-state index in [1.54, 1.807) is 5.38 Å². The van der Waals surface area contributed by atoms with Gasteiger partial charge in [0.15, 0.2) is 10.8 Å². The first-order chi connectivity index (χ1) is 16.7. The first-order valence-electron chi connectivity index (χ1n) is 10.4. The van der Waals surface area contributed by atoms with Crippen LogP contribution in [-0.4, -0.2) is 27.2 Å². The van der Waals surface area contributed by atoms with Crippen molar-refractivity contribution in [3.05, 3.63) is 106 Å². The van der Waals surface area contributed by atoms with E-state index in [0.29, 0.717) is 10.8 Å². The summed E-state index contributed by atoms with van der Waals surface area (Å²) in [5, 5.41) is 6.14. The van der Waals surface area contributed by atoms with E-state index in [9.17, 15) is 22.8 Å². The van der Waals surface area contributed by atoms with E-state index in [4.69, 9.17) is 0 Å². The topological polar surface area (TPSA) is 68.1 Å². The lowest BCUT2D eigenvalue weighted by atomic mass is 10.1. The number of aryl methyl sites for hydroxylation is 1. The van der Waals surface area contributed by atoms with E-state index in [2.05, 4.69) is 16.7 Å². The number of para-hydroxylation sites is 1. The first kappa shape index (κ1) is 24.1. The summed E-state index contributed by atoms with van der Waals surface area (Å²) in [5.41, 5.74) is -0.816. The zero-order valence-electron chi connectivity index (χ0n) is 18.5. The van der Waals surface area contributed by atoms with Crippen molar-refractivity contribution in [3.63, 3.8) is 0 Å². The Bertz CT molecular complexity index is 1450. The van der Waals surface area contributed by atoms with Crippen molar-refractivity contribution in [1.29, 1.82) is 0 Å². The standard InChI is InChI=1S/C25H19F3N4O2S/c1-3-13-31(24-29-19(15-35-24)17-9-5-4-6-10-17)23(34)22-21(33)14-16(2)32(30-22)20-12-8-7-11-18(20)25(26,27)28/h3-12,14-15H,1,13H2,2H3. The molecule has 2 aromatic heterocycles. The second-order valence-electron chi connectivity index (χ2n) is 7.51. The average molecular weight is 497 g/mol. The fourth-order valence-electron chi connectivity index (χ4n) is 3.47. The summed E-state index contributed by atoms with van der Waals surface area (Å²) in [6, 6.07) is 15.3. The summed E-state index contributed by atoms with van der Waals surface area (Å²) < 4.78 is 41.8. The fourth-order valence-corrected chi connectivity index (χ4v) is 4.31. The molecule has 2 aromatic carbocycles. The number of carbonyl (C=O) groups excluding carboxylic acids is 1. The zero-order chi connectivity index (χ0) is 25.2. The molecule has 10 heteroatoms. The van der Waals surface area contributed by atoms with Gasteiger partial charge in [-0.15, -0.1) is 17.9 Å². The van der Waals surface area contributed by atoms with E-state index in [-0.39, 0.29) is 17.9 Å². The van der Waals surface area contributed by atoms with Crippen LogP contribution in [0.5, 0.6) is 0 Å². The normalized spacial score (nSPS) is 11.3. The van der Waals surface area contributed by atoms with Gasteiger partial charge in [0.25, 0.3) is 5.91 Å². The number of hydrogen-bond acceptors (Lipinski definition) is 5. The van der Waals surface area contributed by atoms with Gasteiger partial charge >= 0.3 is 6.18 Å². The van der Waals surface area contributed by atoms with Crippen molar-refractivity contribution < 1.29 is 18.0 Å². The second kappa shape index (κ2) is 9.67. The van der Waals surface area contributed by atoms with Gasteiger partial charge in [-0.1, -0.05) is 48.5 Å². The van der Waals surface area contributed by atoms with Crippen LogP contribution in [0.25, 0.3) is 16.9 Å². The van der Waals surface area contributed by atoms with E-state index in [1.165, 1.54) is 47.4 Å². The number of hydrogen-bond donors (Lipinski definition) is 0. The van der Waals surface area contributed by atoms with Gasteiger partial charge in [0.2, 0.25) is 5.43 Å². The van der Waals surface area contributed by atoms with Gasteiger partial charge < -0.3 is 0 Å². The Hall–Kier alpha value is -4.05. The van der Waals surface area contributed by atoms with E-state index >= 15 is 0 Å². The predicted molar refractivity (Wildman–Crippen MR) is 129 cm³/mol. The third kappa shape index (κ3) is 4.92. The molecule has 4 rings (SSSR count). The fraction of sp³-hybridized carbons (Fsp3) is 0.120. The van der Waals surface area contributed by atoms with Crippen LogP contribution in [0, 0.1) is 6.92 Å². The summed E-state index contributed by atoms with van der Waals surface area (Å²) in [4.78, 5) is 31.9. The van der Waals surface area contributed by atoms with Crippen molar-refractivity contribution >= 4 is 22.4 Å². The van der Waals surface area contributed by atoms with Gasteiger partial charge in [-0.2, -0.15) is 18.3 Å². The molecule has 0 aliphatic rings. The van der Waals surface area contributed by atoms with Crippen molar-refractivity contribution in [2.24, 2.45) is 0 Å². The first-order valence-corrected chi connectivity index (χ1v) is 11.3. The number of alkyl halides is 3. The number of rotatable bonds is 6. The Morgan fingerprint density at radius 3 is 2.51 bits per heavy atom. The minimum atomic E-state index is -4.65. The maximum atomic E-state index is 13.6. The average Bonchev–Trinajstić information content (AvgIpc) is 3.32. The Morgan fingerprint density at radius 1 is 1.14 bits per heavy atom. The molecular weight excluding hydrogens is 477 g/mol. The SMILES string of the molecule is C=CCN(C(=O)c1nn(-c2ccccc2C(F)(F)F)c(C)cc1=O)c1nc(-c2ccccc2)cs1. The summed E-state index contributed by atoms with van der Waals surface area (Å²) in [6.07, 6.45) is -3.19. The molecule has 178 valence electrons. The number of thiazole rings is 1. The smallest absolute Gasteiger partial charge is 0.287 e. The van der Waals surface area contributed by atoms with Crippen LogP contribution in [0.4, 0.5) is 18.3 Å². The van der Waals surface area contributed by atoms with E-state index in [0.717, 1.165) is 22.4 Å². The third-order valence-corrected chi connectivity index (χ3v) is 5.96. The van der Waals surface area contributed by atoms with Crippen molar-refractivity contribution in [3.8, 4) is 16.9 Å². The summed E-state index contributed by atoms with van der Waals surface area (Å²) >= 11 is 1.19. The second-order valence-corrected chi connectivity index (χ2v) is 8.35. The molecule has 4 aromatic rings. The lowest BCUT2D eigenvalue weighted by molar-refractivity contribution is -0.137. The number of nitrogens with zero attached hydrogens (tertiary/aromatic N) is 4. The Kier molecular flexibility index (Phi) is 6.65. The maximum Gasteiger partial charge on any atom is 0.418 e. The molecule has 1 amide bonds. The zero-order valence-corrected chi connectivity index (χ0v) is 19.3. The Labute approximate surface area is 202 Å². The van der Waals surface area contributed by atoms with Gasteiger partial charge in [-0.25, -0.2) is 9.67 Å². The molecule has 0 saturated heterocycles. The molecule has 0 fully saturated rings. The van der Waals surface area contributed by atoms with Crippen LogP contribution in [-0.2, 0) is 6.18 Å². The van der Waals surface area contributed by atoms with Crippen LogP contribution >= 0.6 is 11.3 Å². The van der Waals surface area contributed by atoms with Crippen LogP contribution in [0.1, 0.15) is 21.7 Å². The molecule has 0 spiro atoms. The number of aromatic nitrogens is 3. The molecule has 0 unspecified atom stereocenters. The minimum absolute atomic E-state index is 0.0225. The number of carbonyl (C=O) groups is 1. The molecule has 0 atom stereocenters. The van der Waals surface area contributed by atoms with E-state index < -0.39 is 28.8 Å². The van der Waals surface area contributed by atoms with Gasteiger partial charge in [0.1, 0.15) is 0 Å². The van der Waals surface area contributed by atoms with Crippen LogP contribution in [0.15, 0.2) is 83.5 Å². The molecule has 6 nitrogen and oxygen atoms in total. The molecule has 0 radical (unpaired) electrons. The summed E-state index contributed by atoms with van der Waals surface area (Å²) in [6.45, 7) is 5.13. The largest absolute Gasteiger partial charge is 0.418 e. The monoisotopic (exact) mass is 496 g/mol. The lowest BCUT2D eigenvalue weighted by Crippen LogP contribution is -2.36. The van der Waals surface area contributed by atoms with Crippen molar-refractivity contribution in [2.75, 3.05) is 11.4 Å². The number of amides is 1. The Balaban J connectivity index is 1.78. The molecule has 0 N–H and O–H groups in total. The molecule has 0 aliphatic heterocycles. The minimum Gasteiger partial charge on any atom is -0.287 e. The molecule has 0 aliphatic carbocycles. The lowest BCUT2D eigenvalue weighted by Gasteiger charge is -2.19. The highest BCUT2D eigenvalue weighted by Gasteiger charge is 2.34. The quantitative estimate of drug-likeness (QED) is 0.330. The van der Waals surface area contributed by atoms with Crippen LogP contribution in [0.3, 0.4) is 0 Å². The van der Waals surface area contributed by atoms with Gasteiger partial charge in [0, 0.05) is 29.2 Å². The Morgan fingerprint density at radius 2 is 1.83 bits per heavy atom. The molecular formula is C25H19F3N4O2S. The van der Waals surface area contributed by atoms with Crippen LogP contribution < -0.4 is 10.3 Å². The van der Waals surface area contributed by atoms with E-state index in [1.807, 2.05) is 30.3 Å². The summed E-state index contributed by atoms with van der Waals surface area (Å²) in [7, 11) is 0. The maximum absolute atomic E-state index is 13.6. The molecule has 35 heavy (non-hydrogen) atoms. The number of anilines is 1. The highest BCUT2D eigenvalue weighted by Crippen LogP contribution is 2.34. The predicted octanol–water partition coefficient (Wildman–Crippen LogP) is 5.52. The number of benzene rings is 2. The van der Waals surface area contributed by atoms with Gasteiger partial charge in [0.05, 0.1) is 16.9 Å². The van der Waals surface area contributed by atoms with Crippen molar-refractivity contribution in [2.45, 2.75) is 13.1 Å². The van der Waals surface area contributed by atoms with Crippen molar-refractivity contribution in [1.82, 2.24) is 14.8 Å². The highest BCUT2D eigenvalue weighted by molar-refractivity contribution is 7.14. The third-order valence-electron chi connectivity index (χ3n) is 5.10. The van der Waals surface area contributed by atoms with Gasteiger partial charge in [-0.05, 0) is 19.1 Å². The summed E-state index contributed by atoms with van der Waals surface area (Å²) in [5.74, 6) is -0.790. The highest BCUT2D eigenvalue weighted by atomic mass is 32.1. The van der Waals surface area contributed by atoms with Gasteiger partial charge in [-0.3, -0.25) is 14.5 Å². The molecule has 0 saturated carbocycles.